The fraction of sp³-hybridized carbons (Fsp3) is 0.188. The Labute approximate surface area is 162 Å². The number of methoxy groups -OCH3 is 1. The van der Waals surface area contributed by atoms with Gasteiger partial charge >= 0.3 is 6.09 Å². The molecule has 0 aliphatic heterocycles. The minimum atomic E-state index is -0.953. The Hall–Kier alpha value is -2.98. The van der Waals surface area contributed by atoms with E-state index in [-0.39, 0.29) is 21.2 Å². The van der Waals surface area contributed by atoms with Crippen molar-refractivity contribution in [3.8, 4) is 0 Å². The van der Waals surface area contributed by atoms with Gasteiger partial charge in [-0.15, -0.1) is 11.3 Å². The van der Waals surface area contributed by atoms with E-state index in [1.54, 1.807) is 13.8 Å². The lowest BCUT2D eigenvalue weighted by Gasteiger charge is -2.08. The van der Waals surface area contributed by atoms with Gasteiger partial charge in [-0.1, -0.05) is 11.6 Å². The first-order valence-electron chi connectivity index (χ1n) is 7.40. The molecule has 1 aromatic carbocycles. The van der Waals surface area contributed by atoms with Crippen molar-refractivity contribution in [2.75, 3.05) is 12.4 Å². The lowest BCUT2D eigenvalue weighted by atomic mass is 10.1. The first kappa shape index (κ1) is 20.3. The maximum atomic E-state index is 12.6. The molecular formula is C16H14ClN3O6S. The largest absolute Gasteiger partial charge is 0.453 e. The highest BCUT2D eigenvalue weighted by Gasteiger charge is 2.26. The first-order chi connectivity index (χ1) is 12.6. The lowest BCUT2D eigenvalue weighted by molar-refractivity contribution is -0.385. The number of rotatable bonds is 4. The summed E-state index contributed by atoms with van der Waals surface area (Å²) in [4.78, 5) is 47.4. The van der Waals surface area contributed by atoms with Crippen LogP contribution in [-0.4, -0.2) is 29.9 Å². The van der Waals surface area contributed by atoms with Crippen LogP contribution in [-0.2, 0) is 4.74 Å². The van der Waals surface area contributed by atoms with Crippen LogP contribution in [0.4, 0.5) is 15.5 Å². The molecule has 27 heavy (non-hydrogen) atoms. The summed E-state index contributed by atoms with van der Waals surface area (Å²) < 4.78 is 4.39. The van der Waals surface area contributed by atoms with Crippen LogP contribution >= 0.6 is 22.9 Å². The summed E-state index contributed by atoms with van der Waals surface area (Å²) in [5, 5.41) is 15.9. The van der Waals surface area contributed by atoms with Gasteiger partial charge in [0.15, 0.2) is 0 Å². The number of alkyl carbamates (subject to hydrolysis) is 1. The van der Waals surface area contributed by atoms with E-state index in [4.69, 9.17) is 11.6 Å². The highest BCUT2D eigenvalue weighted by molar-refractivity contribution is 7.16. The first-order valence-corrected chi connectivity index (χ1v) is 8.59. The number of carbonyl (C=O) groups is 3. The second-order valence-electron chi connectivity index (χ2n) is 5.31. The number of ether oxygens (including phenoxy) is 1. The average Bonchev–Trinajstić information content (AvgIpc) is 2.88. The normalized spacial score (nSPS) is 10.2. The van der Waals surface area contributed by atoms with Crippen LogP contribution in [0, 0.1) is 24.0 Å². The van der Waals surface area contributed by atoms with Crippen LogP contribution in [0.3, 0.4) is 0 Å². The molecular weight excluding hydrogens is 398 g/mol. The van der Waals surface area contributed by atoms with E-state index in [1.165, 1.54) is 6.07 Å². The molecule has 11 heteroatoms. The fourth-order valence-electron chi connectivity index (χ4n) is 2.21. The quantitative estimate of drug-likeness (QED) is 0.583. The Morgan fingerprint density at radius 1 is 1.22 bits per heavy atom. The van der Waals surface area contributed by atoms with Gasteiger partial charge in [-0.3, -0.25) is 25.0 Å². The Balaban J connectivity index is 2.41. The van der Waals surface area contributed by atoms with E-state index in [9.17, 15) is 24.5 Å². The van der Waals surface area contributed by atoms with Crippen molar-refractivity contribution >= 4 is 51.5 Å². The summed E-state index contributed by atoms with van der Waals surface area (Å²) in [7, 11) is 1.11. The highest BCUT2D eigenvalue weighted by Crippen LogP contribution is 2.33. The van der Waals surface area contributed by atoms with Crippen molar-refractivity contribution in [2.24, 2.45) is 0 Å². The Morgan fingerprint density at radius 2 is 1.89 bits per heavy atom. The molecule has 0 aliphatic carbocycles. The minimum absolute atomic E-state index is 0.0703. The molecule has 1 aromatic heterocycles. The molecule has 0 saturated heterocycles. The number of benzene rings is 1. The molecule has 0 radical (unpaired) electrons. The Bertz CT molecular complexity index is 956. The van der Waals surface area contributed by atoms with E-state index < -0.39 is 28.5 Å². The van der Waals surface area contributed by atoms with Crippen molar-refractivity contribution in [3.05, 3.63) is 54.9 Å². The third-order valence-electron chi connectivity index (χ3n) is 3.64. The van der Waals surface area contributed by atoms with Crippen LogP contribution in [0.25, 0.3) is 0 Å². The smallest absolute Gasteiger partial charge is 0.413 e. The highest BCUT2D eigenvalue weighted by atomic mass is 35.5. The van der Waals surface area contributed by atoms with Crippen LogP contribution in [0.15, 0.2) is 18.2 Å². The number of nitrogens with zero attached hydrogens (tertiary/aromatic N) is 1. The summed E-state index contributed by atoms with van der Waals surface area (Å²) in [6.07, 6.45) is -0.953. The number of thiophene rings is 1. The van der Waals surface area contributed by atoms with Gasteiger partial charge in [-0.2, -0.15) is 0 Å². The molecule has 2 N–H and O–H groups in total. The lowest BCUT2D eigenvalue weighted by Crippen LogP contribution is -2.31. The SMILES string of the molecule is COC(=O)NC(=O)c1c(NC(=O)c2cc(Cl)ccc2[N+](=O)[O-])sc(C)c1C. The van der Waals surface area contributed by atoms with Gasteiger partial charge < -0.3 is 10.1 Å². The van der Waals surface area contributed by atoms with Gasteiger partial charge in [0.05, 0.1) is 17.6 Å². The van der Waals surface area contributed by atoms with E-state index >= 15 is 0 Å². The number of hydrogen-bond donors (Lipinski definition) is 2. The summed E-state index contributed by atoms with van der Waals surface area (Å²) in [6.45, 7) is 3.38. The van der Waals surface area contributed by atoms with Crippen LogP contribution < -0.4 is 10.6 Å². The number of anilines is 1. The third-order valence-corrected chi connectivity index (χ3v) is 5.00. The molecule has 2 aromatic rings. The second kappa shape index (κ2) is 8.14. The van der Waals surface area contributed by atoms with E-state index in [2.05, 4.69) is 10.1 Å². The molecule has 0 saturated carbocycles. The van der Waals surface area contributed by atoms with Gasteiger partial charge in [0.25, 0.3) is 17.5 Å². The Morgan fingerprint density at radius 3 is 2.48 bits per heavy atom. The molecule has 9 nitrogen and oxygen atoms in total. The maximum absolute atomic E-state index is 12.6. The maximum Gasteiger partial charge on any atom is 0.413 e. The Kier molecular flexibility index (Phi) is 6.13. The number of carbonyl (C=O) groups excluding carboxylic acids is 3. The monoisotopic (exact) mass is 411 g/mol. The zero-order valence-corrected chi connectivity index (χ0v) is 16.0. The fourth-order valence-corrected chi connectivity index (χ4v) is 3.44. The molecule has 2 rings (SSSR count). The van der Waals surface area contributed by atoms with Gasteiger partial charge in [0.1, 0.15) is 10.6 Å². The topological polar surface area (TPSA) is 128 Å². The van der Waals surface area contributed by atoms with Crippen LogP contribution in [0.1, 0.15) is 31.2 Å². The van der Waals surface area contributed by atoms with E-state index in [0.29, 0.717) is 5.56 Å². The van der Waals surface area contributed by atoms with E-state index in [1.807, 2.05) is 5.32 Å². The van der Waals surface area contributed by atoms with Gasteiger partial charge in [-0.05, 0) is 31.5 Å². The average molecular weight is 412 g/mol. The molecule has 142 valence electrons. The standard InChI is InChI=1S/C16H14ClN3O6S/c1-7-8(2)27-15(12(7)14(22)19-16(23)26-3)18-13(21)10-6-9(17)4-5-11(10)20(24)25/h4-6H,1-3H3,(H,18,21)(H,19,22,23). The minimum Gasteiger partial charge on any atom is -0.453 e. The zero-order valence-electron chi connectivity index (χ0n) is 14.4. The molecule has 0 bridgehead atoms. The molecule has 0 atom stereocenters. The van der Waals surface area contributed by atoms with Gasteiger partial charge in [-0.25, -0.2) is 4.79 Å². The second-order valence-corrected chi connectivity index (χ2v) is 6.97. The van der Waals surface area contributed by atoms with Gasteiger partial charge in [0.2, 0.25) is 0 Å². The molecule has 0 fully saturated rings. The molecule has 0 spiro atoms. The number of amides is 3. The summed E-state index contributed by atoms with van der Waals surface area (Å²) in [5.41, 5.74) is -0.0591. The summed E-state index contributed by atoms with van der Waals surface area (Å²) in [6, 6.07) is 3.58. The zero-order chi connectivity index (χ0) is 20.3. The number of halogens is 1. The van der Waals surface area contributed by atoms with Crippen molar-refractivity contribution < 1.29 is 24.0 Å². The number of nitrogens with one attached hydrogen (secondary N) is 2. The molecule has 0 unspecified atom stereocenters. The van der Waals surface area contributed by atoms with Crippen molar-refractivity contribution in [3.63, 3.8) is 0 Å². The van der Waals surface area contributed by atoms with E-state index in [0.717, 1.165) is 35.5 Å². The van der Waals surface area contributed by atoms with Crippen molar-refractivity contribution in [1.29, 1.82) is 0 Å². The number of nitro groups is 1. The predicted octanol–water partition coefficient (Wildman–Crippen LogP) is 3.68. The number of hydrogen-bond acceptors (Lipinski definition) is 7. The van der Waals surface area contributed by atoms with Crippen LogP contribution in [0.2, 0.25) is 5.02 Å². The number of imide groups is 1. The summed E-state index contributed by atoms with van der Waals surface area (Å²) in [5.74, 6) is -1.57. The molecule has 3 amide bonds. The van der Waals surface area contributed by atoms with Crippen molar-refractivity contribution in [1.82, 2.24) is 5.32 Å². The summed E-state index contributed by atoms with van der Waals surface area (Å²) >= 11 is 6.94. The van der Waals surface area contributed by atoms with Gasteiger partial charge in [0, 0.05) is 16.0 Å². The molecule has 0 aliphatic rings. The van der Waals surface area contributed by atoms with Crippen molar-refractivity contribution in [2.45, 2.75) is 13.8 Å². The predicted molar refractivity (Wildman–Crippen MR) is 99.7 cm³/mol. The third kappa shape index (κ3) is 4.41. The molecule has 1 heterocycles. The number of nitro benzene ring substituents is 1. The number of aryl methyl sites for hydroxylation is 1. The van der Waals surface area contributed by atoms with Crippen LogP contribution in [0.5, 0.6) is 0 Å².